The van der Waals surface area contributed by atoms with Gasteiger partial charge in [-0.1, -0.05) is 19.3 Å². The molecule has 2 rings (SSSR count). The fourth-order valence-corrected chi connectivity index (χ4v) is 4.96. The summed E-state index contributed by atoms with van der Waals surface area (Å²) in [5.74, 6) is 0.864. The third-order valence-corrected chi connectivity index (χ3v) is 5.82. The highest BCUT2D eigenvalue weighted by molar-refractivity contribution is 9.11. The number of halogens is 1. The molecule has 1 aliphatic rings. The van der Waals surface area contributed by atoms with Gasteiger partial charge in [-0.05, 0) is 60.8 Å². The molecule has 0 spiro atoms. The quantitative estimate of drug-likeness (QED) is 0.856. The molecule has 1 aromatic heterocycles. The zero-order valence-electron chi connectivity index (χ0n) is 11.9. The number of rotatable bonds is 5. The number of nitrogens with two attached hydrogens (primary N) is 1. The highest BCUT2D eigenvalue weighted by atomic mass is 79.9. The van der Waals surface area contributed by atoms with Crippen molar-refractivity contribution >= 4 is 27.3 Å². The molecule has 19 heavy (non-hydrogen) atoms. The Labute approximate surface area is 129 Å². The van der Waals surface area contributed by atoms with Crippen LogP contribution in [0.25, 0.3) is 0 Å². The standard InChI is InChI=1S/C15H25BrN2S/c1-11(17)15(13-8-9-14(16)19-13)18(2)10-12-6-4-3-5-7-12/h8-9,11-12,15H,3-7,10,17H2,1-2H3. The molecular formula is C15H25BrN2S. The average Bonchev–Trinajstić information content (AvgIpc) is 2.76. The van der Waals surface area contributed by atoms with Crippen molar-refractivity contribution in [3.63, 3.8) is 0 Å². The Kier molecular flexibility index (Phi) is 5.87. The van der Waals surface area contributed by atoms with E-state index in [1.165, 1.54) is 47.3 Å². The molecule has 1 aliphatic carbocycles. The van der Waals surface area contributed by atoms with Crippen molar-refractivity contribution in [1.29, 1.82) is 0 Å². The molecule has 2 N–H and O–H groups in total. The van der Waals surface area contributed by atoms with E-state index >= 15 is 0 Å². The van der Waals surface area contributed by atoms with Crippen LogP contribution in [-0.2, 0) is 0 Å². The molecule has 1 fully saturated rings. The van der Waals surface area contributed by atoms with E-state index in [4.69, 9.17) is 5.73 Å². The van der Waals surface area contributed by atoms with E-state index in [0.717, 1.165) is 5.92 Å². The minimum Gasteiger partial charge on any atom is -0.326 e. The highest BCUT2D eigenvalue weighted by Crippen LogP contribution is 2.33. The van der Waals surface area contributed by atoms with Crippen molar-refractivity contribution in [2.75, 3.05) is 13.6 Å². The van der Waals surface area contributed by atoms with Crippen LogP contribution < -0.4 is 5.73 Å². The van der Waals surface area contributed by atoms with Crippen LogP contribution in [0.4, 0.5) is 0 Å². The lowest BCUT2D eigenvalue weighted by atomic mass is 9.88. The van der Waals surface area contributed by atoms with E-state index in [9.17, 15) is 0 Å². The molecule has 0 aromatic carbocycles. The Bertz CT molecular complexity index is 385. The van der Waals surface area contributed by atoms with Gasteiger partial charge in [-0.15, -0.1) is 11.3 Å². The van der Waals surface area contributed by atoms with E-state index in [1.54, 1.807) is 0 Å². The molecule has 2 nitrogen and oxygen atoms in total. The first kappa shape index (κ1) is 15.5. The van der Waals surface area contributed by atoms with E-state index < -0.39 is 0 Å². The second-order valence-electron chi connectivity index (χ2n) is 5.89. The number of thiophene rings is 1. The number of hydrogen-bond acceptors (Lipinski definition) is 3. The smallest absolute Gasteiger partial charge is 0.0702 e. The maximum atomic E-state index is 6.23. The number of nitrogens with zero attached hydrogens (tertiary/aromatic N) is 1. The second kappa shape index (κ2) is 7.21. The van der Waals surface area contributed by atoms with Crippen molar-refractivity contribution in [3.05, 3.63) is 20.8 Å². The molecule has 108 valence electrons. The summed E-state index contributed by atoms with van der Waals surface area (Å²) in [6.07, 6.45) is 7.03. The molecule has 0 saturated heterocycles. The SMILES string of the molecule is CC(N)C(c1ccc(Br)s1)N(C)CC1CCCCC1. The van der Waals surface area contributed by atoms with E-state index in [1.807, 2.05) is 11.3 Å². The van der Waals surface area contributed by atoms with Crippen LogP contribution in [0.15, 0.2) is 15.9 Å². The van der Waals surface area contributed by atoms with Gasteiger partial charge in [0.05, 0.1) is 9.83 Å². The first-order valence-corrected chi connectivity index (χ1v) is 8.90. The lowest BCUT2D eigenvalue weighted by molar-refractivity contribution is 0.169. The molecule has 0 aliphatic heterocycles. The van der Waals surface area contributed by atoms with Gasteiger partial charge in [-0.3, -0.25) is 4.90 Å². The van der Waals surface area contributed by atoms with Gasteiger partial charge in [0.15, 0.2) is 0 Å². The molecule has 2 atom stereocenters. The average molecular weight is 345 g/mol. The van der Waals surface area contributed by atoms with Gasteiger partial charge < -0.3 is 5.73 Å². The largest absolute Gasteiger partial charge is 0.326 e. The van der Waals surface area contributed by atoms with Crippen LogP contribution in [0.2, 0.25) is 0 Å². The van der Waals surface area contributed by atoms with Crippen LogP contribution in [0, 0.1) is 5.92 Å². The van der Waals surface area contributed by atoms with Crippen LogP contribution in [0.5, 0.6) is 0 Å². The van der Waals surface area contributed by atoms with Gasteiger partial charge >= 0.3 is 0 Å². The summed E-state index contributed by atoms with van der Waals surface area (Å²) in [5, 5.41) is 0. The summed E-state index contributed by atoms with van der Waals surface area (Å²) in [6, 6.07) is 4.85. The van der Waals surface area contributed by atoms with Gasteiger partial charge in [-0.2, -0.15) is 0 Å². The Morgan fingerprint density at radius 2 is 2.05 bits per heavy atom. The van der Waals surface area contributed by atoms with Crippen molar-refractivity contribution in [3.8, 4) is 0 Å². The lowest BCUT2D eigenvalue weighted by Gasteiger charge is -2.34. The Morgan fingerprint density at radius 1 is 1.37 bits per heavy atom. The molecule has 1 aromatic rings. The van der Waals surface area contributed by atoms with Crippen molar-refractivity contribution in [2.24, 2.45) is 11.7 Å². The Balaban J connectivity index is 2.01. The fourth-order valence-electron chi connectivity index (χ4n) is 3.26. The third-order valence-electron chi connectivity index (χ3n) is 4.13. The summed E-state index contributed by atoms with van der Waals surface area (Å²) in [6.45, 7) is 3.30. The van der Waals surface area contributed by atoms with Gasteiger partial charge in [-0.25, -0.2) is 0 Å². The zero-order chi connectivity index (χ0) is 13.8. The second-order valence-corrected chi connectivity index (χ2v) is 8.38. The lowest BCUT2D eigenvalue weighted by Crippen LogP contribution is -2.39. The molecule has 4 heteroatoms. The van der Waals surface area contributed by atoms with Crippen LogP contribution >= 0.6 is 27.3 Å². The molecule has 1 heterocycles. The summed E-state index contributed by atoms with van der Waals surface area (Å²) < 4.78 is 1.19. The Hall–Kier alpha value is 0.1000. The normalized spacial score (nSPS) is 20.7. The molecule has 0 amide bonds. The van der Waals surface area contributed by atoms with Gasteiger partial charge in [0.2, 0.25) is 0 Å². The van der Waals surface area contributed by atoms with Crippen molar-refractivity contribution in [2.45, 2.75) is 51.1 Å². The predicted octanol–water partition coefficient (Wildman–Crippen LogP) is 4.41. The number of hydrogen-bond donors (Lipinski definition) is 1. The summed E-state index contributed by atoms with van der Waals surface area (Å²) in [7, 11) is 2.23. The van der Waals surface area contributed by atoms with E-state index in [2.05, 4.69) is 46.9 Å². The maximum absolute atomic E-state index is 6.23. The van der Waals surface area contributed by atoms with Crippen LogP contribution in [-0.4, -0.2) is 24.5 Å². The van der Waals surface area contributed by atoms with Crippen LogP contribution in [0.1, 0.15) is 49.9 Å². The molecular weight excluding hydrogens is 320 g/mol. The number of likely N-dealkylation sites (N-methyl/N-ethyl adjacent to an activating group) is 1. The van der Waals surface area contributed by atoms with Gasteiger partial charge in [0.1, 0.15) is 0 Å². The summed E-state index contributed by atoms with van der Waals surface area (Å²) in [5.41, 5.74) is 6.23. The van der Waals surface area contributed by atoms with E-state index in [-0.39, 0.29) is 6.04 Å². The first-order valence-electron chi connectivity index (χ1n) is 7.29. The molecule has 2 unspecified atom stereocenters. The molecule has 0 bridgehead atoms. The van der Waals surface area contributed by atoms with Crippen LogP contribution in [0.3, 0.4) is 0 Å². The zero-order valence-corrected chi connectivity index (χ0v) is 14.3. The monoisotopic (exact) mass is 344 g/mol. The minimum atomic E-state index is 0.166. The third kappa shape index (κ3) is 4.28. The molecule has 1 saturated carbocycles. The summed E-state index contributed by atoms with van der Waals surface area (Å²) >= 11 is 5.37. The summed E-state index contributed by atoms with van der Waals surface area (Å²) in [4.78, 5) is 3.85. The maximum Gasteiger partial charge on any atom is 0.0702 e. The van der Waals surface area contributed by atoms with Gasteiger partial charge in [0, 0.05) is 17.5 Å². The van der Waals surface area contributed by atoms with E-state index in [0.29, 0.717) is 6.04 Å². The first-order chi connectivity index (χ1) is 9.08. The minimum absolute atomic E-state index is 0.166. The molecule has 0 radical (unpaired) electrons. The fraction of sp³-hybridized carbons (Fsp3) is 0.733. The predicted molar refractivity (Wildman–Crippen MR) is 87.6 cm³/mol. The van der Waals surface area contributed by atoms with Crippen molar-refractivity contribution in [1.82, 2.24) is 4.90 Å². The van der Waals surface area contributed by atoms with Crippen molar-refractivity contribution < 1.29 is 0 Å². The van der Waals surface area contributed by atoms with Gasteiger partial charge in [0.25, 0.3) is 0 Å². The Morgan fingerprint density at radius 3 is 2.58 bits per heavy atom. The topological polar surface area (TPSA) is 29.3 Å². The highest BCUT2D eigenvalue weighted by Gasteiger charge is 2.25.